The lowest BCUT2D eigenvalue weighted by Crippen LogP contribution is -2.08. The van der Waals surface area contributed by atoms with Crippen LogP contribution in [-0.2, 0) is 4.79 Å². The Kier molecular flexibility index (Phi) is 5.07. The van der Waals surface area contributed by atoms with Gasteiger partial charge < -0.3 is 5.32 Å². The molecule has 1 fully saturated rings. The van der Waals surface area contributed by atoms with Crippen LogP contribution >= 0.6 is 11.3 Å². The van der Waals surface area contributed by atoms with Crippen molar-refractivity contribution in [2.75, 3.05) is 5.32 Å². The number of hydrogen-bond donors (Lipinski definition) is 1. The summed E-state index contributed by atoms with van der Waals surface area (Å²) < 4.78 is 0. The van der Waals surface area contributed by atoms with Crippen LogP contribution in [0.4, 0.5) is 5.69 Å². The molecule has 0 saturated heterocycles. The first-order valence-electron chi connectivity index (χ1n) is 8.19. The molecule has 0 unspecified atom stereocenters. The number of aromatic nitrogens is 1. The van der Waals surface area contributed by atoms with Crippen LogP contribution in [0.15, 0.2) is 35.2 Å². The number of anilines is 1. The van der Waals surface area contributed by atoms with Crippen LogP contribution in [0.2, 0.25) is 0 Å². The largest absolute Gasteiger partial charge is 0.326 e. The van der Waals surface area contributed by atoms with E-state index < -0.39 is 0 Å². The topological polar surface area (TPSA) is 65.8 Å². The average Bonchev–Trinajstić information content (AvgIpc) is 3.29. The van der Waals surface area contributed by atoms with Gasteiger partial charge in [-0.3, -0.25) is 4.79 Å². The van der Waals surface area contributed by atoms with Crippen LogP contribution in [-0.4, -0.2) is 10.9 Å². The van der Waals surface area contributed by atoms with Crippen LogP contribution in [0.5, 0.6) is 0 Å². The number of nitriles is 1. The molecule has 0 bridgehead atoms. The second-order valence-corrected chi connectivity index (χ2v) is 6.67. The van der Waals surface area contributed by atoms with Crippen molar-refractivity contribution < 1.29 is 4.79 Å². The van der Waals surface area contributed by atoms with Crippen molar-refractivity contribution in [1.82, 2.24) is 4.98 Å². The highest BCUT2D eigenvalue weighted by atomic mass is 32.1. The molecular weight excluding hydrogens is 318 g/mol. The molecule has 1 aromatic carbocycles. The molecule has 3 rings (SSSR count). The molecule has 0 atom stereocenters. The van der Waals surface area contributed by atoms with Gasteiger partial charge in [-0.25, -0.2) is 4.98 Å². The molecule has 1 N–H and O–H groups in total. The van der Waals surface area contributed by atoms with Crippen LogP contribution < -0.4 is 5.32 Å². The van der Waals surface area contributed by atoms with Crippen LogP contribution in [0.25, 0.3) is 16.8 Å². The van der Waals surface area contributed by atoms with E-state index in [-0.39, 0.29) is 5.91 Å². The summed E-state index contributed by atoms with van der Waals surface area (Å²) in [5.41, 5.74) is 4.65. The van der Waals surface area contributed by atoms with Gasteiger partial charge in [0, 0.05) is 23.1 Å². The van der Waals surface area contributed by atoms with E-state index >= 15 is 0 Å². The minimum absolute atomic E-state index is 0.000505. The number of allylic oxidation sites excluding steroid dienone is 2. The Balaban J connectivity index is 1.82. The Labute approximate surface area is 145 Å². The number of amides is 1. The number of benzene rings is 1. The monoisotopic (exact) mass is 337 g/mol. The third-order valence-electron chi connectivity index (χ3n) is 4.18. The molecule has 1 aliphatic carbocycles. The van der Waals surface area contributed by atoms with Gasteiger partial charge in [0.25, 0.3) is 0 Å². The lowest BCUT2D eigenvalue weighted by atomic mass is 10.1. The molecule has 0 radical (unpaired) electrons. The highest BCUT2D eigenvalue weighted by Crippen LogP contribution is 2.34. The van der Waals surface area contributed by atoms with Gasteiger partial charge in [0.2, 0.25) is 5.91 Å². The summed E-state index contributed by atoms with van der Waals surface area (Å²) in [4.78, 5) is 16.1. The van der Waals surface area contributed by atoms with E-state index in [1.54, 1.807) is 0 Å². The highest BCUT2D eigenvalue weighted by molar-refractivity contribution is 7.11. The summed E-state index contributed by atoms with van der Waals surface area (Å²) in [5, 5.41) is 15.1. The quantitative estimate of drug-likeness (QED) is 0.798. The van der Waals surface area contributed by atoms with Gasteiger partial charge in [0.05, 0.1) is 11.3 Å². The van der Waals surface area contributed by atoms with E-state index in [0.29, 0.717) is 6.42 Å². The maximum Gasteiger partial charge on any atom is 0.224 e. The molecule has 1 amide bonds. The number of thiazole rings is 1. The normalized spacial score (nSPS) is 13.6. The van der Waals surface area contributed by atoms with E-state index in [4.69, 9.17) is 0 Å². The average molecular weight is 337 g/mol. The standard InChI is InChI=1S/C19H19N3OS/c1-2-18(23)21-15-9-7-14(8-10-15)17-12-24-19(22-17)16(11-20)13-5-3-4-6-13/h7-10,12H,2-6H2,1H3,(H,21,23). The Hall–Kier alpha value is -2.45. The van der Waals surface area contributed by atoms with Crippen molar-refractivity contribution >= 4 is 28.5 Å². The molecule has 1 aliphatic rings. The summed E-state index contributed by atoms with van der Waals surface area (Å²) >= 11 is 1.52. The molecule has 122 valence electrons. The van der Waals surface area contributed by atoms with Gasteiger partial charge in [-0.2, -0.15) is 5.26 Å². The van der Waals surface area contributed by atoms with E-state index in [2.05, 4.69) is 16.4 Å². The second kappa shape index (κ2) is 7.41. The van der Waals surface area contributed by atoms with Crippen molar-refractivity contribution in [2.24, 2.45) is 0 Å². The zero-order valence-electron chi connectivity index (χ0n) is 13.6. The van der Waals surface area contributed by atoms with Gasteiger partial charge in [0.15, 0.2) is 0 Å². The second-order valence-electron chi connectivity index (χ2n) is 5.81. The smallest absolute Gasteiger partial charge is 0.224 e. The first-order valence-corrected chi connectivity index (χ1v) is 9.07. The first kappa shape index (κ1) is 16.4. The minimum atomic E-state index is 0.000505. The van der Waals surface area contributed by atoms with Crippen molar-refractivity contribution in [1.29, 1.82) is 5.26 Å². The van der Waals surface area contributed by atoms with E-state index in [0.717, 1.165) is 40.4 Å². The minimum Gasteiger partial charge on any atom is -0.326 e. The number of carbonyl (C=O) groups is 1. The Bertz CT molecular complexity index is 804. The number of nitrogens with one attached hydrogen (secondary N) is 1. The van der Waals surface area contributed by atoms with Crippen molar-refractivity contribution in [3.05, 3.63) is 40.2 Å². The molecule has 0 spiro atoms. The number of nitrogens with zero attached hydrogens (tertiary/aromatic N) is 2. The first-order chi connectivity index (χ1) is 11.7. The number of carbonyl (C=O) groups excluding carboxylic acids is 1. The van der Waals surface area contributed by atoms with Crippen LogP contribution in [0.3, 0.4) is 0 Å². The van der Waals surface area contributed by atoms with Gasteiger partial charge in [-0.15, -0.1) is 11.3 Å². The van der Waals surface area contributed by atoms with Gasteiger partial charge in [0.1, 0.15) is 11.1 Å². The van der Waals surface area contributed by atoms with Crippen molar-refractivity contribution in [3.63, 3.8) is 0 Å². The predicted molar refractivity (Wildman–Crippen MR) is 97.5 cm³/mol. The van der Waals surface area contributed by atoms with Crippen LogP contribution in [0.1, 0.15) is 44.0 Å². The third kappa shape index (κ3) is 3.55. The van der Waals surface area contributed by atoms with Gasteiger partial charge in [-0.05, 0) is 43.4 Å². The molecule has 0 aliphatic heterocycles. The summed E-state index contributed by atoms with van der Waals surface area (Å²) in [5.74, 6) is 0.000505. The van der Waals surface area contributed by atoms with Crippen LogP contribution in [0, 0.1) is 11.3 Å². The Morgan fingerprint density at radius 1 is 1.29 bits per heavy atom. The SMILES string of the molecule is CCC(=O)Nc1ccc(-c2csc(C(C#N)=C3CCCC3)n2)cc1. The van der Waals surface area contributed by atoms with E-state index in [1.165, 1.54) is 29.8 Å². The van der Waals surface area contributed by atoms with E-state index in [9.17, 15) is 10.1 Å². The highest BCUT2D eigenvalue weighted by Gasteiger charge is 2.17. The zero-order chi connectivity index (χ0) is 16.9. The van der Waals surface area contributed by atoms with Gasteiger partial charge >= 0.3 is 0 Å². The molecular formula is C19H19N3OS. The lowest BCUT2D eigenvalue weighted by molar-refractivity contribution is -0.115. The van der Waals surface area contributed by atoms with Crippen molar-refractivity contribution in [3.8, 4) is 17.3 Å². The lowest BCUT2D eigenvalue weighted by Gasteiger charge is -2.04. The Morgan fingerprint density at radius 3 is 2.62 bits per heavy atom. The molecule has 2 aromatic rings. The van der Waals surface area contributed by atoms with E-state index in [1.807, 2.05) is 36.6 Å². The third-order valence-corrected chi connectivity index (χ3v) is 5.04. The predicted octanol–water partition coefficient (Wildman–Crippen LogP) is 5.01. The summed E-state index contributed by atoms with van der Waals surface area (Å²) in [6.45, 7) is 1.83. The zero-order valence-corrected chi connectivity index (χ0v) is 14.4. The molecule has 5 heteroatoms. The van der Waals surface area contributed by atoms with Gasteiger partial charge in [-0.1, -0.05) is 19.1 Å². The Morgan fingerprint density at radius 2 is 2.00 bits per heavy atom. The summed E-state index contributed by atoms with van der Waals surface area (Å²) in [6, 6.07) is 9.98. The number of hydrogen-bond acceptors (Lipinski definition) is 4. The number of rotatable bonds is 4. The molecule has 4 nitrogen and oxygen atoms in total. The maximum absolute atomic E-state index is 11.4. The summed E-state index contributed by atoms with van der Waals surface area (Å²) in [7, 11) is 0. The fourth-order valence-electron chi connectivity index (χ4n) is 2.82. The molecule has 1 aromatic heterocycles. The fourth-order valence-corrected chi connectivity index (χ4v) is 3.70. The molecule has 1 saturated carbocycles. The summed E-state index contributed by atoms with van der Waals surface area (Å²) in [6.07, 6.45) is 4.84. The molecule has 24 heavy (non-hydrogen) atoms. The molecule has 1 heterocycles. The fraction of sp³-hybridized carbons (Fsp3) is 0.316. The maximum atomic E-state index is 11.4. The van der Waals surface area contributed by atoms with Crippen molar-refractivity contribution in [2.45, 2.75) is 39.0 Å².